The molecule has 0 aliphatic rings. The van der Waals surface area contributed by atoms with Crippen LogP contribution in [0, 0.1) is 5.92 Å². The Hall–Kier alpha value is -0.0800. The lowest BCUT2D eigenvalue weighted by atomic mass is 9.88. The molecule has 19 heavy (non-hydrogen) atoms. The van der Waals surface area contributed by atoms with Crippen molar-refractivity contribution in [2.24, 2.45) is 5.92 Å². The molecule has 0 rings (SSSR count). The van der Waals surface area contributed by atoms with E-state index in [4.69, 9.17) is 0 Å². The van der Waals surface area contributed by atoms with Gasteiger partial charge in [0.1, 0.15) is 0 Å². The van der Waals surface area contributed by atoms with Crippen molar-refractivity contribution in [3.8, 4) is 0 Å². The van der Waals surface area contributed by atoms with E-state index in [1.165, 1.54) is 38.5 Å². The highest BCUT2D eigenvalue weighted by Crippen LogP contribution is 2.21. The molecular weight excluding hydrogens is 232 g/mol. The first-order valence-corrected chi connectivity index (χ1v) is 8.29. The minimum Gasteiger partial charge on any atom is -0.317 e. The van der Waals surface area contributed by atoms with Gasteiger partial charge in [-0.3, -0.25) is 0 Å². The van der Waals surface area contributed by atoms with E-state index < -0.39 is 0 Å². The van der Waals surface area contributed by atoms with Gasteiger partial charge in [0.25, 0.3) is 0 Å². The van der Waals surface area contributed by atoms with E-state index in [-0.39, 0.29) is 5.54 Å². The van der Waals surface area contributed by atoms with E-state index in [0.717, 1.165) is 5.92 Å². The van der Waals surface area contributed by atoms with Gasteiger partial charge in [-0.15, -0.1) is 0 Å². The Morgan fingerprint density at radius 1 is 1.00 bits per heavy atom. The molecule has 0 aromatic carbocycles. The Morgan fingerprint density at radius 3 is 2.05 bits per heavy atom. The van der Waals surface area contributed by atoms with Crippen molar-refractivity contribution in [2.75, 3.05) is 7.05 Å². The standard InChI is InChI=1S/C17H38N2/c1-8-10-15(9-2)11-12-16(18-7)13-17(5,6)19-14(3)4/h14-16,18-19H,8-13H2,1-7H3. The molecule has 0 aromatic heterocycles. The molecule has 2 heteroatoms. The normalized spacial score (nSPS) is 15.8. The van der Waals surface area contributed by atoms with E-state index in [2.05, 4.69) is 59.2 Å². The van der Waals surface area contributed by atoms with Gasteiger partial charge in [-0.1, -0.05) is 47.0 Å². The van der Waals surface area contributed by atoms with E-state index in [9.17, 15) is 0 Å². The Morgan fingerprint density at radius 2 is 1.63 bits per heavy atom. The van der Waals surface area contributed by atoms with E-state index in [0.29, 0.717) is 12.1 Å². The monoisotopic (exact) mass is 270 g/mol. The predicted molar refractivity (Wildman–Crippen MR) is 87.7 cm³/mol. The molecule has 0 radical (unpaired) electrons. The summed E-state index contributed by atoms with van der Waals surface area (Å²) in [6.07, 6.45) is 7.91. The zero-order valence-electron chi connectivity index (χ0n) is 14.5. The number of nitrogens with one attached hydrogen (secondary N) is 2. The summed E-state index contributed by atoms with van der Waals surface area (Å²) in [5.41, 5.74) is 0.217. The molecule has 0 heterocycles. The predicted octanol–water partition coefficient (Wildman–Crippen LogP) is 4.35. The van der Waals surface area contributed by atoms with Gasteiger partial charge in [-0.25, -0.2) is 0 Å². The first-order chi connectivity index (χ1) is 8.84. The molecule has 0 aromatic rings. The summed E-state index contributed by atoms with van der Waals surface area (Å²) >= 11 is 0. The maximum atomic E-state index is 3.67. The van der Waals surface area contributed by atoms with Crippen LogP contribution in [0.4, 0.5) is 0 Å². The lowest BCUT2D eigenvalue weighted by molar-refractivity contribution is 0.275. The summed E-state index contributed by atoms with van der Waals surface area (Å²) in [5.74, 6) is 0.919. The largest absolute Gasteiger partial charge is 0.317 e. The van der Waals surface area contributed by atoms with Crippen molar-refractivity contribution in [2.45, 2.75) is 97.7 Å². The Labute approximate surface area is 122 Å². The maximum Gasteiger partial charge on any atom is 0.0142 e. The van der Waals surface area contributed by atoms with Crippen LogP contribution in [0.15, 0.2) is 0 Å². The summed E-state index contributed by atoms with van der Waals surface area (Å²) < 4.78 is 0. The van der Waals surface area contributed by atoms with Crippen molar-refractivity contribution in [3.05, 3.63) is 0 Å². The summed E-state index contributed by atoms with van der Waals surface area (Å²) in [4.78, 5) is 0. The van der Waals surface area contributed by atoms with Crippen molar-refractivity contribution in [1.29, 1.82) is 0 Å². The van der Waals surface area contributed by atoms with E-state index in [1.54, 1.807) is 0 Å². The van der Waals surface area contributed by atoms with Crippen LogP contribution in [0.3, 0.4) is 0 Å². The van der Waals surface area contributed by atoms with Gasteiger partial charge in [0.15, 0.2) is 0 Å². The van der Waals surface area contributed by atoms with Crippen molar-refractivity contribution < 1.29 is 0 Å². The minimum atomic E-state index is 0.217. The first kappa shape index (κ1) is 18.9. The SMILES string of the molecule is CCCC(CC)CCC(CC(C)(C)NC(C)C)NC. The molecular formula is C17H38N2. The highest BCUT2D eigenvalue weighted by Gasteiger charge is 2.23. The fourth-order valence-electron chi connectivity index (χ4n) is 3.20. The Kier molecular flexibility index (Phi) is 9.72. The highest BCUT2D eigenvalue weighted by atomic mass is 15.0. The quantitative estimate of drug-likeness (QED) is 0.583. The van der Waals surface area contributed by atoms with Gasteiger partial charge in [0.2, 0.25) is 0 Å². The van der Waals surface area contributed by atoms with Gasteiger partial charge < -0.3 is 10.6 Å². The van der Waals surface area contributed by atoms with Gasteiger partial charge in [-0.2, -0.15) is 0 Å². The van der Waals surface area contributed by atoms with Crippen molar-refractivity contribution >= 4 is 0 Å². The van der Waals surface area contributed by atoms with E-state index in [1.807, 2.05) is 0 Å². The average molecular weight is 271 g/mol. The molecule has 2 unspecified atom stereocenters. The smallest absolute Gasteiger partial charge is 0.0142 e. The van der Waals surface area contributed by atoms with Crippen LogP contribution in [0.25, 0.3) is 0 Å². The maximum absolute atomic E-state index is 3.67. The minimum absolute atomic E-state index is 0.217. The molecule has 0 saturated carbocycles. The summed E-state index contributed by atoms with van der Waals surface area (Å²) in [5, 5.41) is 7.18. The fourth-order valence-corrected chi connectivity index (χ4v) is 3.20. The third-order valence-electron chi connectivity index (χ3n) is 4.04. The van der Waals surface area contributed by atoms with Crippen LogP contribution in [0.1, 0.15) is 80.1 Å². The van der Waals surface area contributed by atoms with Gasteiger partial charge in [0, 0.05) is 17.6 Å². The second-order valence-electron chi connectivity index (χ2n) is 7.01. The molecule has 116 valence electrons. The number of hydrogen-bond donors (Lipinski definition) is 2. The third-order valence-corrected chi connectivity index (χ3v) is 4.04. The molecule has 0 aliphatic heterocycles. The number of rotatable bonds is 11. The zero-order valence-corrected chi connectivity index (χ0v) is 14.5. The molecule has 2 nitrogen and oxygen atoms in total. The van der Waals surface area contributed by atoms with Crippen LogP contribution >= 0.6 is 0 Å². The summed E-state index contributed by atoms with van der Waals surface area (Å²) in [6, 6.07) is 1.18. The highest BCUT2D eigenvalue weighted by molar-refractivity contribution is 4.85. The second-order valence-corrected chi connectivity index (χ2v) is 7.01. The number of hydrogen-bond acceptors (Lipinski definition) is 2. The summed E-state index contributed by atoms with van der Waals surface area (Å²) in [7, 11) is 2.11. The molecule has 0 spiro atoms. The van der Waals surface area contributed by atoms with Gasteiger partial charge >= 0.3 is 0 Å². The fraction of sp³-hybridized carbons (Fsp3) is 1.00. The Balaban J connectivity index is 4.19. The zero-order chi connectivity index (χ0) is 14.9. The van der Waals surface area contributed by atoms with Gasteiger partial charge in [-0.05, 0) is 46.1 Å². The van der Waals surface area contributed by atoms with E-state index >= 15 is 0 Å². The van der Waals surface area contributed by atoms with Crippen LogP contribution in [-0.2, 0) is 0 Å². The lowest BCUT2D eigenvalue weighted by Crippen LogP contribution is -2.47. The lowest BCUT2D eigenvalue weighted by Gasteiger charge is -2.33. The summed E-state index contributed by atoms with van der Waals surface area (Å²) in [6.45, 7) is 13.7. The Bertz CT molecular complexity index is 211. The van der Waals surface area contributed by atoms with Crippen LogP contribution in [0.5, 0.6) is 0 Å². The molecule has 0 bridgehead atoms. The van der Waals surface area contributed by atoms with Gasteiger partial charge in [0.05, 0.1) is 0 Å². The third kappa shape index (κ3) is 9.45. The molecule has 0 saturated heterocycles. The molecule has 0 aliphatic carbocycles. The van der Waals surface area contributed by atoms with Crippen molar-refractivity contribution in [1.82, 2.24) is 10.6 Å². The van der Waals surface area contributed by atoms with Crippen LogP contribution < -0.4 is 10.6 Å². The molecule has 2 atom stereocenters. The molecule has 0 amide bonds. The van der Waals surface area contributed by atoms with Crippen LogP contribution in [-0.4, -0.2) is 24.7 Å². The topological polar surface area (TPSA) is 24.1 Å². The molecule has 0 fully saturated rings. The van der Waals surface area contributed by atoms with Crippen molar-refractivity contribution in [3.63, 3.8) is 0 Å². The van der Waals surface area contributed by atoms with Crippen LogP contribution in [0.2, 0.25) is 0 Å². The molecule has 2 N–H and O–H groups in total. The average Bonchev–Trinajstić information content (AvgIpc) is 2.30. The first-order valence-electron chi connectivity index (χ1n) is 8.29. The second kappa shape index (κ2) is 9.77.